The number of hydrogen-bond donors (Lipinski definition) is 2. The second-order valence-corrected chi connectivity index (χ2v) is 4.93. The van der Waals surface area contributed by atoms with Crippen LogP contribution < -0.4 is 10.6 Å². The zero-order chi connectivity index (χ0) is 15.6. The first kappa shape index (κ1) is 14.9. The molecule has 2 aliphatic rings. The summed E-state index contributed by atoms with van der Waals surface area (Å²) in [6, 6.07) is -1.42. The summed E-state index contributed by atoms with van der Waals surface area (Å²) < 4.78 is 0. The maximum atomic E-state index is 11.9. The number of nitrogens with zero attached hydrogens (tertiary/aromatic N) is 2. The van der Waals surface area contributed by atoms with Gasteiger partial charge >= 0.3 is 23.9 Å². The van der Waals surface area contributed by atoms with E-state index in [1.54, 1.807) is 6.92 Å². The molecule has 9 heteroatoms. The summed E-state index contributed by atoms with van der Waals surface area (Å²) in [6.07, 6.45) is 2.24. The highest BCUT2D eigenvalue weighted by Gasteiger charge is 2.44. The zero-order valence-corrected chi connectivity index (χ0v) is 11.5. The lowest BCUT2D eigenvalue weighted by Gasteiger charge is -2.14. The van der Waals surface area contributed by atoms with E-state index < -0.39 is 36.3 Å². The Bertz CT molecular complexity index is 514. The molecule has 2 fully saturated rings. The molecule has 1 heterocycles. The highest BCUT2D eigenvalue weighted by Crippen LogP contribution is 2.18. The Morgan fingerprint density at radius 2 is 1.76 bits per heavy atom. The minimum atomic E-state index is -1.05. The maximum absolute atomic E-state index is 11.9. The van der Waals surface area contributed by atoms with Crippen LogP contribution in [0.3, 0.4) is 0 Å². The van der Waals surface area contributed by atoms with E-state index >= 15 is 0 Å². The summed E-state index contributed by atoms with van der Waals surface area (Å²) in [7, 11) is 0. The number of imide groups is 3. The van der Waals surface area contributed by atoms with Crippen LogP contribution in [0.1, 0.15) is 26.2 Å². The van der Waals surface area contributed by atoms with Crippen LogP contribution in [-0.2, 0) is 14.4 Å². The van der Waals surface area contributed by atoms with Gasteiger partial charge in [-0.15, -0.1) is 0 Å². The third-order valence-electron chi connectivity index (χ3n) is 3.05. The Morgan fingerprint density at radius 3 is 2.33 bits per heavy atom. The van der Waals surface area contributed by atoms with Crippen molar-refractivity contribution in [2.24, 2.45) is 0 Å². The molecular formula is C12H16N4O5. The van der Waals surface area contributed by atoms with E-state index in [1.807, 2.05) is 5.32 Å². The SMILES string of the molecule is CCCN1C(=O)C(=O)N(CC(=O)NC(=O)NC2CC2)C1=O. The summed E-state index contributed by atoms with van der Waals surface area (Å²) >= 11 is 0. The van der Waals surface area contributed by atoms with Gasteiger partial charge in [-0.25, -0.2) is 14.5 Å². The smallest absolute Gasteiger partial charge is 0.334 e. The fraction of sp³-hybridized carbons (Fsp3) is 0.583. The molecule has 21 heavy (non-hydrogen) atoms. The first-order valence-electron chi connectivity index (χ1n) is 6.71. The molecule has 0 atom stereocenters. The monoisotopic (exact) mass is 296 g/mol. The van der Waals surface area contributed by atoms with Crippen LogP contribution in [0, 0.1) is 0 Å². The molecule has 2 N–H and O–H groups in total. The Balaban J connectivity index is 1.90. The molecule has 1 saturated carbocycles. The van der Waals surface area contributed by atoms with Crippen molar-refractivity contribution in [1.29, 1.82) is 0 Å². The Kier molecular flexibility index (Phi) is 4.20. The predicted molar refractivity (Wildman–Crippen MR) is 68.8 cm³/mol. The van der Waals surface area contributed by atoms with Gasteiger partial charge < -0.3 is 5.32 Å². The number of amides is 7. The van der Waals surface area contributed by atoms with Gasteiger partial charge in [0.25, 0.3) is 0 Å². The molecule has 0 bridgehead atoms. The molecule has 0 aromatic heterocycles. The summed E-state index contributed by atoms with van der Waals surface area (Å²) in [4.78, 5) is 59.4. The summed E-state index contributed by atoms with van der Waals surface area (Å²) in [5.41, 5.74) is 0. The number of urea groups is 2. The van der Waals surface area contributed by atoms with Crippen LogP contribution in [0.2, 0.25) is 0 Å². The average Bonchev–Trinajstić information content (AvgIpc) is 3.20. The standard InChI is InChI=1S/C12H16N4O5/c1-2-5-15-9(18)10(19)16(12(15)21)6-8(17)14-11(20)13-7-3-4-7/h7H,2-6H2,1H3,(H2,13,14,17,20). The third-order valence-corrected chi connectivity index (χ3v) is 3.05. The molecule has 1 aliphatic heterocycles. The third kappa shape index (κ3) is 3.36. The normalized spacial score (nSPS) is 18.2. The van der Waals surface area contributed by atoms with Gasteiger partial charge in [-0.05, 0) is 19.3 Å². The van der Waals surface area contributed by atoms with Crippen LogP contribution in [-0.4, -0.2) is 58.7 Å². The van der Waals surface area contributed by atoms with E-state index in [4.69, 9.17) is 0 Å². The lowest BCUT2D eigenvalue weighted by Crippen LogP contribution is -2.46. The van der Waals surface area contributed by atoms with Crippen molar-refractivity contribution in [3.8, 4) is 0 Å². The van der Waals surface area contributed by atoms with Crippen molar-refractivity contribution < 1.29 is 24.0 Å². The van der Waals surface area contributed by atoms with Crippen LogP contribution in [0.5, 0.6) is 0 Å². The highest BCUT2D eigenvalue weighted by molar-refractivity contribution is 6.45. The summed E-state index contributed by atoms with van der Waals surface area (Å²) in [5.74, 6) is -2.82. The Labute approximate surface area is 120 Å². The van der Waals surface area contributed by atoms with Crippen molar-refractivity contribution in [2.75, 3.05) is 13.1 Å². The predicted octanol–water partition coefficient (Wildman–Crippen LogP) is -0.825. The van der Waals surface area contributed by atoms with E-state index in [0.717, 1.165) is 17.7 Å². The lowest BCUT2D eigenvalue weighted by atomic mass is 10.4. The Hall–Kier alpha value is -2.45. The maximum Gasteiger partial charge on any atom is 0.334 e. The first-order valence-corrected chi connectivity index (χ1v) is 6.71. The molecule has 0 spiro atoms. The molecule has 9 nitrogen and oxygen atoms in total. The fourth-order valence-corrected chi connectivity index (χ4v) is 1.87. The van der Waals surface area contributed by atoms with Crippen molar-refractivity contribution in [3.63, 3.8) is 0 Å². The van der Waals surface area contributed by atoms with Gasteiger partial charge in [-0.1, -0.05) is 6.92 Å². The van der Waals surface area contributed by atoms with Crippen molar-refractivity contribution in [2.45, 2.75) is 32.2 Å². The van der Waals surface area contributed by atoms with E-state index in [0.29, 0.717) is 11.3 Å². The van der Waals surface area contributed by atoms with Gasteiger partial charge in [-0.2, -0.15) is 0 Å². The van der Waals surface area contributed by atoms with Gasteiger partial charge in [0.2, 0.25) is 5.91 Å². The van der Waals surface area contributed by atoms with Crippen molar-refractivity contribution >= 4 is 29.8 Å². The minimum Gasteiger partial charge on any atom is -0.335 e. The minimum absolute atomic E-state index is 0.0782. The van der Waals surface area contributed by atoms with Gasteiger partial charge in [0.1, 0.15) is 6.54 Å². The fourth-order valence-electron chi connectivity index (χ4n) is 1.87. The van der Waals surface area contributed by atoms with Gasteiger partial charge in [-0.3, -0.25) is 24.6 Å². The van der Waals surface area contributed by atoms with Crippen LogP contribution in [0.4, 0.5) is 9.59 Å². The molecule has 0 aromatic carbocycles. The van der Waals surface area contributed by atoms with E-state index in [1.165, 1.54) is 0 Å². The molecule has 0 radical (unpaired) electrons. The molecular weight excluding hydrogens is 280 g/mol. The molecule has 7 amide bonds. The van der Waals surface area contributed by atoms with Crippen LogP contribution in [0.15, 0.2) is 0 Å². The number of carbonyl (C=O) groups is 5. The van der Waals surface area contributed by atoms with E-state index in [9.17, 15) is 24.0 Å². The van der Waals surface area contributed by atoms with Gasteiger partial charge in [0.05, 0.1) is 0 Å². The quantitative estimate of drug-likeness (QED) is 0.507. The Morgan fingerprint density at radius 1 is 1.14 bits per heavy atom. The topological polar surface area (TPSA) is 116 Å². The number of hydrogen-bond acceptors (Lipinski definition) is 5. The largest absolute Gasteiger partial charge is 0.335 e. The molecule has 0 aromatic rings. The lowest BCUT2D eigenvalue weighted by molar-refractivity contribution is -0.143. The molecule has 1 aliphatic carbocycles. The van der Waals surface area contributed by atoms with Gasteiger partial charge in [0.15, 0.2) is 0 Å². The molecule has 2 rings (SSSR count). The van der Waals surface area contributed by atoms with Crippen LogP contribution >= 0.6 is 0 Å². The number of carbonyl (C=O) groups excluding carboxylic acids is 5. The average molecular weight is 296 g/mol. The van der Waals surface area contributed by atoms with E-state index in [-0.39, 0.29) is 12.6 Å². The second-order valence-electron chi connectivity index (χ2n) is 4.93. The van der Waals surface area contributed by atoms with Crippen LogP contribution in [0.25, 0.3) is 0 Å². The molecule has 114 valence electrons. The van der Waals surface area contributed by atoms with Crippen molar-refractivity contribution in [1.82, 2.24) is 20.4 Å². The van der Waals surface area contributed by atoms with E-state index in [2.05, 4.69) is 5.32 Å². The summed E-state index contributed by atoms with van der Waals surface area (Å²) in [5, 5.41) is 4.55. The highest BCUT2D eigenvalue weighted by atomic mass is 16.2. The first-order chi connectivity index (χ1) is 9.93. The van der Waals surface area contributed by atoms with Gasteiger partial charge in [0, 0.05) is 12.6 Å². The molecule has 0 unspecified atom stereocenters. The second kappa shape index (κ2) is 5.90. The summed E-state index contributed by atoms with van der Waals surface area (Å²) in [6.45, 7) is 1.22. The number of rotatable bonds is 5. The van der Waals surface area contributed by atoms with Crippen molar-refractivity contribution in [3.05, 3.63) is 0 Å². The molecule has 1 saturated heterocycles. The number of nitrogens with one attached hydrogen (secondary N) is 2. The zero-order valence-electron chi connectivity index (χ0n) is 11.5.